The molecule has 6 N–H and O–H groups in total. The van der Waals surface area contributed by atoms with Gasteiger partial charge in [-0.1, -0.05) is 13.8 Å². The summed E-state index contributed by atoms with van der Waals surface area (Å²) in [5.74, 6) is -1.64. The number of carbonyl (C=O) groups excluding carboxylic acids is 5. The van der Waals surface area contributed by atoms with Crippen molar-refractivity contribution in [2.45, 2.75) is 65.0 Å². The third kappa shape index (κ3) is 11.3. The summed E-state index contributed by atoms with van der Waals surface area (Å²) in [5.41, 5.74) is 4.22. The predicted octanol–water partition coefficient (Wildman–Crippen LogP) is -1.04. The van der Waals surface area contributed by atoms with Crippen molar-refractivity contribution in [3.63, 3.8) is 0 Å². The number of aliphatic hydroxyl groups excluding tert-OH is 1. The van der Waals surface area contributed by atoms with E-state index < -0.39 is 41.4 Å². The smallest absolute Gasteiger partial charge is 0.253 e. The standard InChI is InChI=1S/C24H41N5O7/c1-23(2,22(35)28-12-5-11-27-21(34)17(25)16-30)10-15-36-24(3,4)9-13-26-18(31)8-14-29-19(32)6-7-20(29)33/h6-7,17,30H,5,8-16,25H2,1-4H3,(H,26,31)(H,27,34)(H,28,35). The number of ether oxygens (including phenoxy) is 1. The topological polar surface area (TPSA) is 180 Å². The molecule has 12 heteroatoms. The van der Waals surface area contributed by atoms with Crippen LogP contribution in [0.3, 0.4) is 0 Å². The number of aliphatic hydroxyl groups is 1. The molecule has 0 aliphatic carbocycles. The van der Waals surface area contributed by atoms with Gasteiger partial charge in [0.15, 0.2) is 0 Å². The van der Waals surface area contributed by atoms with Crippen molar-refractivity contribution in [3.8, 4) is 0 Å². The molecule has 5 amide bonds. The normalized spacial score (nSPS) is 14.7. The van der Waals surface area contributed by atoms with E-state index in [0.717, 1.165) is 4.90 Å². The Morgan fingerprint density at radius 3 is 2.22 bits per heavy atom. The molecular formula is C24H41N5O7. The van der Waals surface area contributed by atoms with Gasteiger partial charge in [-0.15, -0.1) is 0 Å². The van der Waals surface area contributed by atoms with Gasteiger partial charge in [-0.3, -0.25) is 28.9 Å². The highest BCUT2D eigenvalue weighted by molar-refractivity contribution is 6.13. The first-order valence-electron chi connectivity index (χ1n) is 12.2. The lowest BCUT2D eigenvalue weighted by Gasteiger charge is -2.29. The Bertz CT molecular complexity index is 808. The van der Waals surface area contributed by atoms with Gasteiger partial charge in [0.2, 0.25) is 17.7 Å². The first-order valence-corrected chi connectivity index (χ1v) is 12.2. The van der Waals surface area contributed by atoms with E-state index in [2.05, 4.69) is 16.0 Å². The largest absolute Gasteiger partial charge is 0.394 e. The van der Waals surface area contributed by atoms with Crippen LogP contribution in [0.4, 0.5) is 0 Å². The first-order chi connectivity index (χ1) is 16.8. The van der Waals surface area contributed by atoms with E-state index in [0.29, 0.717) is 45.5 Å². The van der Waals surface area contributed by atoms with Crippen LogP contribution in [0.2, 0.25) is 0 Å². The second kappa shape index (κ2) is 14.7. The minimum Gasteiger partial charge on any atom is -0.394 e. The van der Waals surface area contributed by atoms with E-state index in [9.17, 15) is 24.0 Å². The van der Waals surface area contributed by atoms with Crippen LogP contribution < -0.4 is 21.7 Å². The quantitative estimate of drug-likeness (QED) is 0.121. The third-order valence-corrected chi connectivity index (χ3v) is 5.82. The zero-order valence-electron chi connectivity index (χ0n) is 21.7. The number of hydrogen-bond acceptors (Lipinski definition) is 8. The van der Waals surface area contributed by atoms with Crippen molar-refractivity contribution in [2.24, 2.45) is 11.1 Å². The molecule has 0 bridgehead atoms. The summed E-state index contributed by atoms with van der Waals surface area (Å²) in [5, 5.41) is 17.0. The monoisotopic (exact) mass is 511 g/mol. The highest BCUT2D eigenvalue weighted by atomic mass is 16.5. The maximum atomic E-state index is 12.5. The molecule has 204 valence electrons. The predicted molar refractivity (Wildman–Crippen MR) is 132 cm³/mol. The van der Waals surface area contributed by atoms with Crippen molar-refractivity contribution >= 4 is 29.5 Å². The van der Waals surface area contributed by atoms with Gasteiger partial charge in [0, 0.05) is 56.8 Å². The van der Waals surface area contributed by atoms with Gasteiger partial charge in [0.05, 0.1) is 12.2 Å². The Hall–Kier alpha value is -2.83. The molecule has 0 saturated carbocycles. The van der Waals surface area contributed by atoms with E-state index in [1.165, 1.54) is 12.2 Å². The van der Waals surface area contributed by atoms with Crippen LogP contribution in [0.5, 0.6) is 0 Å². The van der Waals surface area contributed by atoms with Gasteiger partial charge in [0.1, 0.15) is 6.04 Å². The molecule has 1 heterocycles. The lowest BCUT2D eigenvalue weighted by molar-refractivity contribution is -0.137. The van der Waals surface area contributed by atoms with E-state index in [1.54, 1.807) is 0 Å². The molecule has 36 heavy (non-hydrogen) atoms. The Morgan fingerprint density at radius 1 is 1.00 bits per heavy atom. The van der Waals surface area contributed by atoms with Gasteiger partial charge in [-0.25, -0.2) is 0 Å². The van der Waals surface area contributed by atoms with Crippen LogP contribution in [-0.4, -0.2) is 90.6 Å². The van der Waals surface area contributed by atoms with Crippen molar-refractivity contribution in [2.75, 3.05) is 39.4 Å². The number of rotatable bonds is 17. The Balaban J connectivity index is 2.22. The zero-order valence-corrected chi connectivity index (χ0v) is 21.7. The van der Waals surface area contributed by atoms with Crippen LogP contribution >= 0.6 is 0 Å². The third-order valence-electron chi connectivity index (χ3n) is 5.82. The second-order valence-electron chi connectivity index (χ2n) is 9.94. The number of carbonyl (C=O) groups is 5. The number of hydrogen-bond donors (Lipinski definition) is 5. The number of nitrogens with one attached hydrogen (secondary N) is 3. The molecule has 0 saturated heterocycles. The fraction of sp³-hybridized carbons (Fsp3) is 0.708. The van der Waals surface area contributed by atoms with Crippen molar-refractivity contribution in [1.29, 1.82) is 0 Å². The summed E-state index contributed by atoms with van der Waals surface area (Å²) in [4.78, 5) is 60.1. The Morgan fingerprint density at radius 2 is 1.61 bits per heavy atom. The molecule has 0 aromatic heterocycles. The number of amides is 5. The summed E-state index contributed by atoms with van der Waals surface area (Å²) in [6.45, 7) is 8.52. The molecular weight excluding hydrogens is 470 g/mol. The Labute approximate surface area is 212 Å². The summed E-state index contributed by atoms with van der Waals surface area (Å²) in [6.07, 6.45) is 3.97. The minimum absolute atomic E-state index is 0.0340. The van der Waals surface area contributed by atoms with Crippen molar-refractivity contribution in [1.82, 2.24) is 20.9 Å². The van der Waals surface area contributed by atoms with Crippen LogP contribution in [-0.2, 0) is 28.7 Å². The van der Waals surface area contributed by atoms with E-state index in [1.807, 2.05) is 27.7 Å². The van der Waals surface area contributed by atoms with Crippen molar-refractivity contribution < 1.29 is 33.8 Å². The summed E-state index contributed by atoms with van der Waals surface area (Å²) in [6, 6.07) is -0.949. The SMILES string of the molecule is CC(C)(CCNC(=O)CCN1C(=O)C=CC1=O)OCCC(C)(C)C(=O)NCCCNC(=O)C(N)CO. The molecule has 1 aliphatic heterocycles. The van der Waals surface area contributed by atoms with E-state index >= 15 is 0 Å². The molecule has 1 aliphatic rings. The lowest BCUT2D eigenvalue weighted by atomic mass is 9.88. The lowest BCUT2D eigenvalue weighted by Crippen LogP contribution is -2.44. The van der Waals surface area contributed by atoms with Crippen LogP contribution in [0, 0.1) is 5.41 Å². The second-order valence-corrected chi connectivity index (χ2v) is 9.94. The molecule has 1 atom stereocenters. The van der Waals surface area contributed by atoms with Crippen molar-refractivity contribution in [3.05, 3.63) is 12.2 Å². The molecule has 1 rings (SSSR count). The molecule has 0 aromatic carbocycles. The van der Waals surface area contributed by atoms with Gasteiger partial charge in [-0.2, -0.15) is 0 Å². The fourth-order valence-electron chi connectivity index (χ4n) is 3.18. The summed E-state index contributed by atoms with van der Waals surface area (Å²) in [7, 11) is 0. The summed E-state index contributed by atoms with van der Waals surface area (Å²) >= 11 is 0. The molecule has 0 radical (unpaired) electrons. The van der Waals surface area contributed by atoms with Gasteiger partial charge < -0.3 is 31.5 Å². The fourth-order valence-corrected chi connectivity index (χ4v) is 3.18. The number of nitrogens with zero attached hydrogens (tertiary/aromatic N) is 1. The van der Waals surface area contributed by atoms with Gasteiger partial charge >= 0.3 is 0 Å². The molecule has 0 aromatic rings. The first kappa shape index (κ1) is 31.2. The molecule has 0 spiro atoms. The highest BCUT2D eigenvalue weighted by Gasteiger charge is 2.29. The highest BCUT2D eigenvalue weighted by Crippen LogP contribution is 2.23. The Kier molecular flexibility index (Phi) is 12.7. The minimum atomic E-state index is -0.949. The number of nitrogens with two attached hydrogens (primary N) is 1. The van der Waals surface area contributed by atoms with Crippen LogP contribution in [0.25, 0.3) is 0 Å². The van der Waals surface area contributed by atoms with Gasteiger partial charge in [-0.05, 0) is 33.1 Å². The van der Waals surface area contributed by atoms with Crippen LogP contribution in [0.1, 0.15) is 53.4 Å². The number of imide groups is 1. The molecule has 1 unspecified atom stereocenters. The average molecular weight is 512 g/mol. The molecule has 0 fully saturated rings. The maximum Gasteiger partial charge on any atom is 0.253 e. The zero-order chi connectivity index (χ0) is 27.4. The molecule has 12 nitrogen and oxygen atoms in total. The van der Waals surface area contributed by atoms with E-state index in [4.69, 9.17) is 15.6 Å². The van der Waals surface area contributed by atoms with E-state index in [-0.39, 0.29) is 24.8 Å². The van der Waals surface area contributed by atoms with Gasteiger partial charge in [0.25, 0.3) is 11.8 Å². The average Bonchev–Trinajstić information content (AvgIpc) is 3.13. The maximum absolute atomic E-state index is 12.5. The summed E-state index contributed by atoms with van der Waals surface area (Å²) < 4.78 is 5.95. The van der Waals surface area contributed by atoms with Crippen LogP contribution in [0.15, 0.2) is 12.2 Å².